The second-order valence-corrected chi connectivity index (χ2v) is 18.5. The summed E-state index contributed by atoms with van der Waals surface area (Å²) in [5, 5.41) is 60.3. The van der Waals surface area contributed by atoms with Gasteiger partial charge in [0.2, 0.25) is 0 Å². The molecule has 7 aromatic rings. The number of anilines is 5. The Bertz CT molecular complexity index is 3470. The molecule has 7 N–H and O–H groups in total. The number of azo groups is 2. The van der Waals surface area contributed by atoms with E-state index in [9.17, 15) is 41.3 Å². The number of fused-ring (bicyclic) bond motifs is 1. The van der Waals surface area contributed by atoms with Gasteiger partial charge in [-0.3, -0.25) is 9.11 Å². The lowest BCUT2D eigenvalue weighted by atomic mass is 10.0. The molecule has 0 aliphatic rings. The molecule has 0 fully saturated rings. The smallest absolute Gasteiger partial charge is 0.319 e. The number of aromatic nitrogens is 1. The Labute approximate surface area is 395 Å². The van der Waals surface area contributed by atoms with Crippen molar-refractivity contribution < 1.29 is 35.8 Å². The second kappa shape index (κ2) is 20.0. The molecule has 2 amide bonds. The highest BCUT2D eigenvalue weighted by Gasteiger charge is 2.24. The summed E-state index contributed by atoms with van der Waals surface area (Å²) in [6, 6.07) is 29.4. The minimum Gasteiger partial charge on any atom is -0.395 e. The number of aliphatic hydroxyl groups is 1. The first-order valence-electron chi connectivity index (χ1n) is 19.2. The maximum atomic E-state index is 12.3. The van der Waals surface area contributed by atoms with E-state index >= 15 is 0 Å². The maximum Gasteiger partial charge on any atom is 0.319 e. The Morgan fingerprint density at radius 3 is 2.07 bits per heavy atom. The highest BCUT2D eigenvalue weighted by molar-refractivity contribution is 7.86. The van der Waals surface area contributed by atoms with Crippen LogP contribution in [-0.2, 0) is 20.2 Å². The van der Waals surface area contributed by atoms with Gasteiger partial charge in [0.05, 0.1) is 22.9 Å². The number of halogens is 2. The third kappa shape index (κ3) is 11.0. The summed E-state index contributed by atoms with van der Waals surface area (Å²) in [5.41, 5.74) is 2.15. The summed E-state index contributed by atoms with van der Waals surface area (Å²) in [7, 11) is -9.33. The lowest BCUT2D eigenvalue weighted by Gasteiger charge is -2.16. The molecule has 0 radical (unpaired) electrons. The number of aliphatic hydroxyl groups excluding tert-OH is 1. The van der Waals surface area contributed by atoms with Crippen LogP contribution in [0.3, 0.4) is 0 Å². The van der Waals surface area contributed by atoms with Gasteiger partial charge in [0, 0.05) is 45.1 Å². The van der Waals surface area contributed by atoms with Gasteiger partial charge in [0.1, 0.15) is 38.2 Å². The van der Waals surface area contributed by atoms with Gasteiger partial charge in [-0.25, -0.2) is 9.78 Å². The summed E-state index contributed by atoms with van der Waals surface area (Å²) >= 11 is 13.1. The van der Waals surface area contributed by atoms with Crippen LogP contribution in [0.1, 0.15) is 16.7 Å². The number of carbonyl (C=O) groups excluding carboxylic acids is 1. The van der Waals surface area contributed by atoms with Crippen LogP contribution in [0.5, 0.6) is 0 Å². The molecule has 0 unspecified atom stereocenters. The van der Waals surface area contributed by atoms with E-state index in [0.29, 0.717) is 27.3 Å². The number of pyridine rings is 1. The van der Waals surface area contributed by atoms with Crippen LogP contribution in [0.25, 0.3) is 21.9 Å². The van der Waals surface area contributed by atoms with Crippen LogP contribution in [0, 0.1) is 29.6 Å². The number of hydrogen-bond donors (Lipinski definition) is 7. The van der Waals surface area contributed by atoms with Gasteiger partial charge in [-0.15, -0.1) is 20.5 Å². The van der Waals surface area contributed by atoms with Crippen LogP contribution < -0.4 is 21.3 Å². The minimum absolute atomic E-state index is 0.00487. The largest absolute Gasteiger partial charge is 0.395 e. The van der Waals surface area contributed by atoms with Crippen LogP contribution in [-0.4, -0.2) is 55.2 Å². The fourth-order valence-corrected chi connectivity index (χ4v) is 9.17. The van der Waals surface area contributed by atoms with Gasteiger partial charge < -0.3 is 26.4 Å². The first-order valence-corrected chi connectivity index (χ1v) is 23.6. The van der Waals surface area contributed by atoms with E-state index < -0.39 is 31.2 Å². The zero-order valence-electron chi connectivity index (χ0n) is 34.2. The van der Waals surface area contributed by atoms with Crippen molar-refractivity contribution in [1.29, 1.82) is 10.5 Å². The van der Waals surface area contributed by atoms with E-state index in [1.165, 1.54) is 30.3 Å². The molecule has 0 saturated carbocycles. The molecule has 24 heteroatoms. The Morgan fingerprint density at radius 2 is 1.40 bits per heavy atom. The first kappa shape index (κ1) is 47.6. The summed E-state index contributed by atoms with van der Waals surface area (Å²) in [5.74, 6) is 0.00924. The van der Waals surface area contributed by atoms with E-state index in [0.717, 1.165) is 17.4 Å². The Hall–Kier alpha value is -7.38. The molecular formula is C43H31Cl2N11O8S3. The number of nitrogens with one attached hydrogen (secondary N) is 4. The molecule has 7 rings (SSSR count). The first-order chi connectivity index (χ1) is 32.0. The Kier molecular flexibility index (Phi) is 14.2. The fourth-order valence-electron chi connectivity index (χ4n) is 6.42. The normalized spacial score (nSPS) is 11.7. The Morgan fingerprint density at radius 1 is 0.746 bits per heavy atom. The van der Waals surface area contributed by atoms with Crippen molar-refractivity contribution in [2.75, 3.05) is 29.1 Å². The quantitative estimate of drug-likeness (QED) is 0.0394. The molecular weight excluding hydrogens is 966 g/mol. The summed E-state index contributed by atoms with van der Waals surface area (Å²) in [6.45, 7) is 1.34. The van der Waals surface area contributed by atoms with E-state index in [-0.39, 0.29) is 89.4 Å². The number of amides is 2. The molecule has 0 saturated heterocycles. The molecule has 0 aliphatic carbocycles. The highest BCUT2D eigenvalue weighted by atomic mass is 35.5. The second-order valence-electron chi connectivity index (χ2n) is 13.9. The van der Waals surface area contributed by atoms with Gasteiger partial charge in [0.25, 0.3) is 20.2 Å². The topological polar surface area (TPSA) is 304 Å². The number of rotatable bonds is 14. The fraction of sp³-hybridized carbons (Fsp3) is 0.0698. The van der Waals surface area contributed by atoms with Crippen LogP contribution in [0.15, 0.2) is 133 Å². The molecule has 0 bridgehead atoms. The number of nitrogens with zero attached hydrogens (tertiary/aromatic N) is 7. The molecule has 2 aromatic heterocycles. The molecule has 19 nitrogen and oxygen atoms in total. The van der Waals surface area contributed by atoms with E-state index in [1.807, 2.05) is 0 Å². The average Bonchev–Trinajstić information content (AvgIpc) is 3.65. The van der Waals surface area contributed by atoms with Crippen LogP contribution >= 0.6 is 34.5 Å². The summed E-state index contributed by atoms with van der Waals surface area (Å²) < 4.78 is 68.0. The predicted octanol–water partition coefficient (Wildman–Crippen LogP) is 11.2. The molecule has 5 aromatic carbocycles. The molecule has 0 atom stereocenters. The molecule has 0 spiro atoms. The van der Waals surface area contributed by atoms with Crippen molar-refractivity contribution in [2.24, 2.45) is 20.5 Å². The number of hydrogen-bond acceptors (Lipinski definition) is 16. The number of urea groups is 1. The summed E-state index contributed by atoms with van der Waals surface area (Å²) in [6.07, 6.45) is 0. The monoisotopic (exact) mass is 995 g/mol. The predicted molar refractivity (Wildman–Crippen MR) is 254 cm³/mol. The lowest BCUT2D eigenvalue weighted by Crippen LogP contribution is -2.30. The molecule has 0 aliphatic heterocycles. The van der Waals surface area contributed by atoms with Crippen molar-refractivity contribution in [3.8, 4) is 23.3 Å². The van der Waals surface area contributed by atoms with Gasteiger partial charge in [0.15, 0.2) is 16.6 Å². The van der Waals surface area contributed by atoms with Gasteiger partial charge in [-0.1, -0.05) is 64.9 Å². The van der Waals surface area contributed by atoms with Crippen molar-refractivity contribution in [1.82, 2.24) is 10.3 Å². The average molecular weight is 997 g/mol. The highest BCUT2D eigenvalue weighted by Crippen LogP contribution is 2.49. The Balaban J connectivity index is 1.36. The number of thiophene rings is 1. The minimum atomic E-state index is -4.73. The standard InChI is InChI=1S/C43H31Cl2N11O8S3/c1-23-32(21-46)39(50-29-15-16-34(45)36(20-29)67(62,63)64)52-40(49-27-13-8-26(44)9-14-27)38(23)54-55-41-33(22-47)37(25-6-10-28(11-7-25)51-43(58)48-17-18-57)42(65-41)56-53-30-12-5-24-3-2-4-35(31(24)19-30)66(59,60)61/h2-16,19-20,57H,17-18H2,1H3,(H2,48,51,58)(H2,49,50,52)(H,59,60,61)(H,62,63,64). The van der Waals surface area contributed by atoms with Gasteiger partial charge in [-0.05, 0) is 90.7 Å². The third-order valence-corrected chi connectivity index (χ3v) is 13.0. The van der Waals surface area contributed by atoms with Crippen molar-refractivity contribution >= 4 is 122 Å². The lowest BCUT2D eigenvalue weighted by molar-refractivity contribution is 0.245. The molecule has 338 valence electrons. The van der Waals surface area contributed by atoms with Crippen molar-refractivity contribution in [2.45, 2.75) is 16.7 Å². The SMILES string of the molecule is Cc1c(C#N)c(Nc2ccc(Cl)c(S(=O)(=O)O)c2)nc(Nc2ccc(Cl)cc2)c1N=Nc1sc(N=Nc2ccc3cccc(S(=O)(=O)O)c3c2)c(-c2ccc(NC(=O)NCCO)cc2)c1C#N. The summed E-state index contributed by atoms with van der Waals surface area (Å²) in [4.78, 5) is 16.0. The van der Waals surface area contributed by atoms with Crippen molar-refractivity contribution in [3.05, 3.63) is 130 Å². The van der Waals surface area contributed by atoms with Crippen LogP contribution in [0.4, 0.5) is 54.9 Å². The van der Waals surface area contributed by atoms with E-state index in [2.05, 4.69) is 58.8 Å². The third-order valence-electron chi connectivity index (χ3n) is 9.52. The van der Waals surface area contributed by atoms with E-state index in [1.54, 1.807) is 73.7 Å². The zero-order valence-corrected chi connectivity index (χ0v) is 38.2. The van der Waals surface area contributed by atoms with Crippen LogP contribution in [0.2, 0.25) is 10.0 Å². The maximum absolute atomic E-state index is 12.3. The number of nitriles is 2. The molecule has 67 heavy (non-hydrogen) atoms. The van der Waals surface area contributed by atoms with E-state index in [4.69, 9.17) is 28.3 Å². The van der Waals surface area contributed by atoms with Gasteiger partial charge >= 0.3 is 6.03 Å². The molecule has 2 heterocycles. The number of benzene rings is 5. The zero-order chi connectivity index (χ0) is 48.0. The van der Waals surface area contributed by atoms with Gasteiger partial charge in [-0.2, -0.15) is 27.4 Å². The number of carbonyl (C=O) groups is 1. The van der Waals surface area contributed by atoms with Crippen molar-refractivity contribution in [3.63, 3.8) is 0 Å².